The van der Waals surface area contributed by atoms with Crippen LogP contribution in [0, 0.1) is 5.92 Å². The topological polar surface area (TPSA) is 58.4 Å². The van der Waals surface area contributed by atoms with E-state index in [0.717, 1.165) is 31.7 Å². The van der Waals surface area contributed by atoms with E-state index in [2.05, 4.69) is 17.1 Å². The zero-order valence-corrected chi connectivity index (χ0v) is 11.6. The number of nitrogens with two attached hydrogens (primary N) is 1. The number of hydrogen-bond acceptors (Lipinski definition) is 3. The van der Waals surface area contributed by atoms with E-state index in [9.17, 15) is 4.79 Å². The fourth-order valence-corrected chi connectivity index (χ4v) is 2.56. The van der Waals surface area contributed by atoms with Crippen molar-refractivity contribution in [2.24, 2.45) is 5.92 Å². The molecule has 1 unspecified atom stereocenters. The SMILES string of the molecule is CCN1CCC(CNC(=O)Cc2ccccc2N)C1. The number of hydrogen-bond donors (Lipinski definition) is 2. The minimum Gasteiger partial charge on any atom is -0.398 e. The van der Waals surface area contributed by atoms with E-state index in [-0.39, 0.29) is 5.91 Å². The third kappa shape index (κ3) is 3.96. The number of amides is 1. The van der Waals surface area contributed by atoms with E-state index in [4.69, 9.17) is 5.73 Å². The van der Waals surface area contributed by atoms with Gasteiger partial charge in [-0.2, -0.15) is 0 Å². The van der Waals surface area contributed by atoms with Crippen molar-refractivity contribution in [3.63, 3.8) is 0 Å². The second kappa shape index (κ2) is 6.57. The van der Waals surface area contributed by atoms with Crippen molar-refractivity contribution in [2.45, 2.75) is 19.8 Å². The summed E-state index contributed by atoms with van der Waals surface area (Å²) in [7, 11) is 0. The van der Waals surface area contributed by atoms with Gasteiger partial charge in [-0.25, -0.2) is 0 Å². The smallest absolute Gasteiger partial charge is 0.224 e. The molecule has 1 aromatic rings. The summed E-state index contributed by atoms with van der Waals surface area (Å²) in [4.78, 5) is 14.3. The largest absolute Gasteiger partial charge is 0.398 e. The molecule has 1 aromatic carbocycles. The molecule has 0 radical (unpaired) electrons. The number of para-hydroxylation sites is 1. The van der Waals surface area contributed by atoms with Crippen LogP contribution in [0.1, 0.15) is 18.9 Å². The van der Waals surface area contributed by atoms with Crippen molar-refractivity contribution in [1.82, 2.24) is 10.2 Å². The van der Waals surface area contributed by atoms with Crippen LogP contribution < -0.4 is 11.1 Å². The van der Waals surface area contributed by atoms with Crippen LogP contribution in [0.25, 0.3) is 0 Å². The minimum absolute atomic E-state index is 0.0628. The fraction of sp³-hybridized carbons (Fsp3) is 0.533. The van der Waals surface area contributed by atoms with Crippen molar-refractivity contribution >= 4 is 11.6 Å². The lowest BCUT2D eigenvalue weighted by molar-refractivity contribution is -0.120. The molecule has 0 aliphatic carbocycles. The lowest BCUT2D eigenvalue weighted by Gasteiger charge is -2.14. The second-order valence-corrected chi connectivity index (χ2v) is 5.23. The maximum absolute atomic E-state index is 11.9. The number of carbonyl (C=O) groups excluding carboxylic acids is 1. The number of nitrogen functional groups attached to an aromatic ring is 1. The summed E-state index contributed by atoms with van der Waals surface area (Å²) in [6, 6.07) is 7.53. The van der Waals surface area contributed by atoms with Gasteiger partial charge in [0.15, 0.2) is 0 Å². The Hall–Kier alpha value is -1.55. The Morgan fingerprint density at radius 3 is 2.95 bits per heavy atom. The summed E-state index contributed by atoms with van der Waals surface area (Å²) < 4.78 is 0. The Balaban J connectivity index is 1.75. The number of rotatable bonds is 5. The third-order valence-corrected chi connectivity index (χ3v) is 3.81. The summed E-state index contributed by atoms with van der Waals surface area (Å²) in [5.41, 5.74) is 7.43. The first kappa shape index (κ1) is 13.9. The van der Waals surface area contributed by atoms with Crippen molar-refractivity contribution < 1.29 is 4.79 Å². The summed E-state index contributed by atoms with van der Waals surface area (Å²) in [5.74, 6) is 0.657. The van der Waals surface area contributed by atoms with Crippen LogP contribution in [0.4, 0.5) is 5.69 Å². The maximum atomic E-state index is 11.9. The van der Waals surface area contributed by atoms with E-state index >= 15 is 0 Å². The number of likely N-dealkylation sites (tertiary alicyclic amines) is 1. The van der Waals surface area contributed by atoms with E-state index in [1.807, 2.05) is 24.3 Å². The van der Waals surface area contributed by atoms with Crippen molar-refractivity contribution in [1.29, 1.82) is 0 Å². The molecule has 0 aromatic heterocycles. The van der Waals surface area contributed by atoms with Crippen LogP contribution in [0.15, 0.2) is 24.3 Å². The summed E-state index contributed by atoms with van der Waals surface area (Å²) in [5, 5.41) is 3.02. The van der Waals surface area contributed by atoms with Gasteiger partial charge < -0.3 is 16.0 Å². The Bertz CT molecular complexity index is 433. The zero-order valence-electron chi connectivity index (χ0n) is 11.6. The van der Waals surface area contributed by atoms with Crippen LogP contribution >= 0.6 is 0 Å². The van der Waals surface area contributed by atoms with Crippen LogP contribution in [-0.2, 0) is 11.2 Å². The lowest BCUT2D eigenvalue weighted by atomic mass is 10.1. The fourth-order valence-electron chi connectivity index (χ4n) is 2.56. The van der Waals surface area contributed by atoms with Gasteiger partial charge in [0.1, 0.15) is 0 Å². The van der Waals surface area contributed by atoms with Gasteiger partial charge in [-0.05, 0) is 37.1 Å². The van der Waals surface area contributed by atoms with Crippen LogP contribution in [-0.4, -0.2) is 37.0 Å². The van der Waals surface area contributed by atoms with Gasteiger partial charge in [0.25, 0.3) is 0 Å². The molecule has 1 atom stereocenters. The van der Waals surface area contributed by atoms with Crippen LogP contribution in [0.3, 0.4) is 0 Å². The quantitative estimate of drug-likeness (QED) is 0.785. The van der Waals surface area contributed by atoms with E-state index in [0.29, 0.717) is 18.0 Å². The normalized spacial score (nSPS) is 19.5. The Morgan fingerprint density at radius 2 is 2.26 bits per heavy atom. The molecule has 104 valence electrons. The highest BCUT2D eigenvalue weighted by Gasteiger charge is 2.21. The highest BCUT2D eigenvalue weighted by Crippen LogP contribution is 2.15. The van der Waals surface area contributed by atoms with Gasteiger partial charge in [-0.3, -0.25) is 4.79 Å². The molecule has 1 amide bonds. The molecule has 1 saturated heterocycles. The number of nitrogens with one attached hydrogen (secondary N) is 1. The van der Waals surface area contributed by atoms with Gasteiger partial charge in [-0.1, -0.05) is 25.1 Å². The zero-order chi connectivity index (χ0) is 13.7. The highest BCUT2D eigenvalue weighted by atomic mass is 16.1. The molecular formula is C15H23N3O. The molecule has 4 heteroatoms. The molecular weight excluding hydrogens is 238 g/mol. The van der Waals surface area contributed by atoms with Crippen molar-refractivity contribution in [3.8, 4) is 0 Å². The molecule has 0 spiro atoms. The van der Waals surface area contributed by atoms with E-state index in [1.165, 1.54) is 6.42 Å². The van der Waals surface area contributed by atoms with Gasteiger partial charge in [0.05, 0.1) is 6.42 Å². The second-order valence-electron chi connectivity index (χ2n) is 5.23. The molecule has 1 heterocycles. The third-order valence-electron chi connectivity index (χ3n) is 3.81. The maximum Gasteiger partial charge on any atom is 0.224 e. The Morgan fingerprint density at radius 1 is 1.47 bits per heavy atom. The van der Waals surface area contributed by atoms with Crippen LogP contribution in [0.2, 0.25) is 0 Å². The monoisotopic (exact) mass is 261 g/mol. The molecule has 0 bridgehead atoms. The van der Waals surface area contributed by atoms with Gasteiger partial charge in [0.2, 0.25) is 5.91 Å². The summed E-state index contributed by atoms with van der Waals surface area (Å²) >= 11 is 0. The number of nitrogens with zero attached hydrogens (tertiary/aromatic N) is 1. The molecule has 4 nitrogen and oxygen atoms in total. The first-order valence-electron chi connectivity index (χ1n) is 7.01. The average molecular weight is 261 g/mol. The summed E-state index contributed by atoms with van der Waals surface area (Å²) in [6.45, 7) is 6.32. The molecule has 1 aliphatic heterocycles. The molecule has 3 N–H and O–H groups in total. The number of benzene rings is 1. The molecule has 1 aliphatic rings. The highest BCUT2D eigenvalue weighted by molar-refractivity contribution is 5.80. The van der Waals surface area contributed by atoms with Crippen LogP contribution in [0.5, 0.6) is 0 Å². The molecule has 2 rings (SSSR count). The Labute approximate surface area is 115 Å². The van der Waals surface area contributed by atoms with Gasteiger partial charge >= 0.3 is 0 Å². The standard InChI is InChI=1S/C15H23N3O/c1-2-18-8-7-12(11-18)10-17-15(19)9-13-5-3-4-6-14(13)16/h3-6,12H,2,7-11,16H2,1H3,(H,17,19). The van der Waals surface area contributed by atoms with E-state index in [1.54, 1.807) is 0 Å². The molecule has 0 saturated carbocycles. The average Bonchev–Trinajstić information content (AvgIpc) is 2.87. The van der Waals surface area contributed by atoms with Crippen molar-refractivity contribution in [3.05, 3.63) is 29.8 Å². The van der Waals surface area contributed by atoms with Crippen molar-refractivity contribution in [2.75, 3.05) is 31.9 Å². The first-order valence-corrected chi connectivity index (χ1v) is 7.01. The minimum atomic E-state index is 0.0628. The lowest BCUT2D eigenvalue weighted by Crippen LogP contribution is -2.32. The van der Waals surface area contributed by atoms with E-state index < -0.39 is 0 Å². The molecule has 19 heavy (non-hydrogen) atoms. The number of carbonyl (C=O) groups is 1. The first-order chi connectivity index (χ1) is 9.19. The predicted molar refractivity (Wildman–Crippen MR) is 77.8 cm³/mol. The van der Waals surface area contributed by atoms with Gasteiger partial charge in [0, 0.05) is 18.8 Å². The Kier molecular flexibility index (Phi) is 4.80. The predicted octanol–water partition coefficient (Wildman–Crippen LogP) is 1.27. The summed E-state index contributed by atoms with van der Waals surface area (Å²) in [6.07, 6.45) is 1.55. The molecule has 1 fully saturated rings. The number of anilines is 1. The van der Waals surface area contributed by atoms with Gasteiger partial charge in [-0.15, -0.1) is 0 Å².